The summed E-state index contributed by atoms with van der Waals surface area (Å²) in [5.74, 6) is 0. The van der Waals surface area contributed by atoms with Gasteiger partial charge in [0.1, 0.15) is 0 Å². The number of likely N-dealkylation sites (tertiary alicyclic amines) is 1. The fourth-order valence-corrected chi connectivity index (χ4v) is 1.88. The maximum atomic E-state index is 5.87. The maximum absolute atomic E-state index is 5.87. The molecule has 0 saturated carbocycles. The number of piperidine rings is 1. The van der Waals surface area contributed by atoms with Gasteiger partial charge >= 0.3 is 0 Å². The van der Waals surface area contributed by atoms with E-state index in [9.17, 15) is 0 Å². The Balaban J connectivity index is 2.01. The first-order chi connectivity index (χ1) is 6.97. The molecule has 3 nitrogen and oxygen atoms in total. The first kappa shape index (κ1) is 12.9. The summed E-state index contributed by atoms with van der Waals surface area (Å²) >= 11 is 0. The van der Waals surface area contributed by atoms with Gasteiger partial charge in [-0.2, -0.15) is 0 Å². The van der Waals surface area contributed by atoms with Gasteiger partial charge in [0.25, 0.3) is 0 Å². The molecule has 1 aliphatic rings. The first-order valence-corrected chi connectivity index (χ1v) is 6.16. The fraction of sp³-hybridized carbons (Fsp3) is 1.00. The molecule has 1 aliphatic heterocycles. The van der Waals surface area contributed by atoms with Gasteiger partial charge in [-0.25, -0.2) is 0 Å². The summed E-state index contributed by atoms with van der Waals surface area (Å²) in [7, 11) is 0. The van der Waals surface area contributed by atoms with Crippen molar-refractivity contribution in [3.05, 3.63) is 0 Å². The molecule has 0 atom stereocenters. The van der Waals surface area contributed by atoms with Crippen LogP contribution in [0.5, 0.6) is 0 Å². The van der Waals surface area contributed by atoms with Gasteiger partial charge in [0.2, 0.25) is 0 Å². The molecule has 0 amide bonds. The van der Waals surface area contributed by atoms with E-state index in [0.717, 1.165) is 13.1 Å². The molecule has 3 N–H and O–H groups in total. The van der Waals surface area contributed by atoms with Crippen LogP contribution in [0, 0.1) is 5.41 Å². The Labute approximate surface area is 94.4 Å². The SMILES string of the molecule is CC(C)(C)CNCCN1CCC(N)CC1. The Morgan fingerprint density at radius 3 is 2.40 bits per heavy atom. The highest BCUT2D eigenvalue weighted by molar-refractivity contribution is 4.74. The van der Waals surface area contributed by atoms with Crippen LogP contribution in [0.2, 0.25) is 0 Å². The van der Waals surface area contributed by atoms with Crippen LogP contribution in [0.4, 0.5) is 0 Å². The summed E-state index contributed by atoms with van der Waals surface area (Å²) in [6, 6.07) is 0.448. The molecule has 0 unspecified atom stereocenters. The maximum Gasteiger partial charge on any atom is 0.0107 e. The summed E-state index contributed by atoms with van der Waals surface area (Å²) in [4.78, 5) is 2.51. The van der Waals surface area contributed by atoms with E-state index in [0.29, 0.717) is 11.5 Å². The zero-order valence-corrected chi connectivity index (χ0v) is 10.6. The normalized spacial score (nSPS) is 20.8. The average molecular weight is 213 g/mol. The highest BCUT2D eigenvalue weighted by atomic mass is 15.1. The summed E-state index contributed by atoms with van der Waals surface area (Å²) < 4.78 is 0. The van der Waals surface area contributed by atoms with Gasteiger partial charge in [0, 0.05) is 25.7 Å². The van der Waals surface area contributed by atoms with Crippen molar-refractivity contribution in [1.29, 1.82) is 0 Å². The van der Waals surface area contributed by atoms with Crippen LogP contribution in [0.25, 0.3) is 0 Å². The number of hydrogen-bond donors (Lipinski definition) is 2. The molecular formula is C12H27N3. The van der Waals surface area contributed by atoms with Crippen LogP contribution >= 0.6 is 0 Å². The van der Waals surface area contributed by atoms with Crippen molar-refractivity contribution in [1.82, 2.24) is 10.2 Å². The van der Waals surface area contributed by atoms with Gasteiger partial charge in [0.05, 0.1) is 0 Å². The minimum atomic E-state index is 0.393. The number of rotatable bonds is 4. The van der Waals surface area contributed by atoms with Crippen LogP contribution in [-0.2, 0) is 0 Å². The van der Waals surface area contributed by atoms with E-state index >= 15 is 0 Å². The van der Waals surface area contributed by atoms with Crippen LogP contribution in [0.15, 0.2) is 0 Å². The molecule has 0 aliphatic carbocycles. The fourth-order valence-electron chi connectivity index (χ4n) is 1.88. The first-order valence-electron chi connectivity index (χ1n) is 6.16. The molecule has 90 valence electrons. The molecule has 1 rings (SSSR count). The van der Waals surface area contributed by atoms with Crippen molar-refractivity contribution in [2.24, 2.45) is 11.1 Å². The second-order valence-corrected chi connectivity index (χ2v) is 5.92. The lowest BCUT2D eigenvalue weighted by Gasteiger charge is -2.30. The van der Waals surface area contributed by atoms with Crippen LogP contribution in [0.1, 0.15) is 33.6 Å². The standard InChI is InChI=1S/C12H27N3/c1-12(2,3)10-14-6-9-15-7-4-11(13)5-8-15/h11,14H,4-10,13H2,1-3H3. The monoisotopic (exact) mass is 213 g/mol. The highest BCUT2D eigenvalue weighted by Crippen LogP contribution is 2.10. The molecule has 1 fully saturated rings. The van der Waals surface area contributed by atoms with E-state index < -0.39 is 0 Å². The molecule has 3 heteroatoms. The third-order valence-electron chi connectivity index (χ3n) is 2.89. The number of nitrogens with one attached hydrogen (secondary N) is 1. The quantitative estimate of drug-likeness (QED) is 0.686. The Morgan fingerprint density at radius 1 is 1.27 bits per heavy atom. The molecule has 15 heavy (non-hydrogen) atoms. The summed E-state index contributed by atoms with van der Waals surface area (Å²) in [5, 5.41) is 3.51. The lowest BCUT2D eigenvalue weighted by Crippen LogP contribution is -2.43. The van der Waals surface area contributed by atoms with Gasteiger partial charge < -0.3 is 16.0 Å². The van der Waals surface area contributed by atoms with Crippen molar-refractivity contribution in [3.63, 3.8) is 0 Å². The van der Waals surface area contributed by atoms with Gasteiger partial charge in [-0.05, 0) is 31.3 Å². The molecule has 0 aromatic carbocycles. The second kappa shape index (κ2) is 5.83. The topological polar surface area (TPSA) is 41.3 Å². The summed E-state index contributed by atoms with van der Waals surface area (Å²) in [5.41, 5.74) is 6.26. The van der Waals surface area contributed by atoms with E-state index in [2.05, 4.69) is 31.0 Å². The highest BCUT2D eigenvalue weighted by Gasteiger charge is 2.15. The van der Waals surface area contributed by atoms with Gasteiger partial charge in [0.15, 0.2) is 0 Å². The smallest absolute Gasteiger partial charge is 0.0107 e. The van der Waals surface area contributed by atoms with E-state index in [1.807, 2.05) is 0 Å². The Kier molecular flexibility index (Phi) is 5.03. The summed E-state index contributed by atoms with van der Waals surface area (Å²) in [6.45, 7) is 12.5. The number of nitrogens with two attached hydrogens (primary N) is 1. The molecule has 1 heterocycles. The Bertz CT molecular complexity index is 166. The van der Waals surface area contributed by atoms with Gasteiger partial charge in [-0.1, -0.05) is 20.8 Å². The van der Waals surface area contributed by atoms with Crippen LogP contribution in [0.3, 0.4) is 0 Å². The van der Waals surface area contributed by atoms with Crippen molar-refractivity contribution < 1.29 is 0 Å². The van der Waals surface area contributed by atoms with Gasteiger partial charge in [-0.3, -0.25) is 0 Å². The zero-order valence-electron chi connectivity index (χ0n) is 10.6. The van der Waals surface area contributed by atoms with Crippen LogP contribution < -0.4 is 11.1 Å². The molecular weight excluding hydrogens is 186 g/mol. The number of nitrogens with zero attached hydrogens (tertiary/aromatic N) is 1. The van der Waals surface area contributed by atoms with Crippen molar-refractivity contribution in [2.75, 3.05) is 32.7 Å². The number of hydrogen-bond acceptors (Lipinski definition) is 3. The lowest BCUT2D eigenvalue weighted by molar-refractivity contribution is 0.211. The van der Waals surface area contributed by atoms with Crippen LogP contribution in [-0.4, -0.2) is 43.7 Å². The van der Waals surface area contributed by atoms with E-state index in [4.69, 9.17) is 5.73 Å². The summed E-state index contributed by atoms with van der Waals surface area (Å²) in [6.07, 6.45) is 2.33. The van der Waals surface area contributed by atoms with E-state index in [1.165, 1.54) is 32.5 Å². The largest absolute Gasteiger partial charge is 0.328 e. The van der Waals surface area contributed by atoms with Crippen molar-refractivity contribution >= 4 is 0 Å². The second-order valence-electron chi connectivity index (χ2n) is 5.92. The molecule has 0 spiro atoms. The Morgan fingerprint density at radius 2 is 1.87 bits per heavy atom. The third kappa shape index (κ3) is 6.13. The zero-order chi connectivity index (χ0) is 11.3. The predicted molar refractivity (Wildman–Crippen MR) is 66.0 cm³/mol. The molecule has 0 radical (unpaired) electrons. The predicted octanol–water partition coefficient (Wildman–Crippen LogP) is 1.05. The minimum Gasteiger partial charge on any atom is -0.328 e. The average Bonchev–Trinajstić information content (AvgIpc) is 2.14. The van der Waals surface area contributed by atoms with Crippen molar-refractivity contribution in [2.45, 2.75) is 39.7 Å². The minimum absolute atomic E-state index is 0.393. The lowest BCUT2D eigenvalue weighted by atomic mass is 9.97. The third-order valence-corrected chi connectivity index (χ3v) is 2.89. The molecule has 0 aromatic rings. The van der Waals surface area contributed by atoms with Gasteiger partial charge in [-0.15, -0.1) is 0 Å². The Hall–Kier alpha value is -0.120. The molecule has 0 bridgehead atoms. The van der Waals surface area contributed by atoms with Crippen molar-refractivity contribution in [3.8, 4) is 0 Å². The van der Waals surface area contributed by atoms with E-state index in [-0.39, 0.29) is 0 Å². The molecule has 1 saturated heterocycles. The molecule has 0 aromatic heterocycles. The van der Waals surface area contributed by atoms with E-state index in [1.54, 1.807) is 0 Å².